The molecule has 1 aliphatic heterocycles. The molecule has 0 aliphatic carbocycles. The maximum atomic E-state index is 5.69. The molecule has 2 N–H and O–H groups in total. The summed E-state index contributed by atoms with van der Waals surface area (Å²) in [7, 11) is 0. The molecule has 4 heterocycles. The van der Waals surface area contributed by atoms with Gasteiger partial charge in [0.05, 0.1) is 18.1 Å². The first kappa shape index (κ1) is 21.8. The first-order valence-electron chi connectivity index (χ1n) is 10.9. The van der Waals surface area contributed by atoms with Crippen molar-refractivity contribution in [2.45, 2.75) is 19.4 Å². The minimum Gasteiger partial charge on any atom is -0.462 e. The summed E-state index contributed by atoms with van der Waals surface area (Å²) in [5, 5.41) is 11.2. The molecule has 9 nitrogen and oxygen atoms in total. The summed E-state index contributed by atoms with van der Waals surface area (Å²) in [4.78, 5) is 13.8. The van der Waals surface area contributed by atoms with Crippen molar-refractivity contribution in [3.8, 4) is 11.3 Å². The van der Waals surface area contributed by atoms with Crippen molar-refractivity contribution < 1.29 is 9.47 Å². The van der Waals surface area contributed by atoms with Gasteiger partial charge in [0.15, 0.2) is 16.5 Å². The molecule has 0 spiro atoms. The molecule has 34 heavy (non-hydrogen) atoms. The maximum absolute atomic E-state index is 5.69. The van der Waals surface area contributed by atoms with Crippen LogP contribution in [0.5, 0.6) is 0 Å². The molecule has 1 unspecified atom stereocenters. The molecule has 3 aromatic heterocycles. The monoisotopic (exact) mass is 473 g/mol. The Hall–Kier alpha value is -4.05. The molecule has 5 rings (SSSR count). The Labute approximate surface area is 201 Å². The van der Waals surface area contributed by atoms with E-state index in [0.29, 0.717) is 34.2 Å². The van der Waals surface area contributed by atoms with E-state index >= 15 is 0 Å². The van der Waals surface area contributed by atoms with Gasteiger partial charge in [-0.15, -0.1) is 0 Å². The molecule has 0 saturated heterocycles. The Morgan fingerprint density at radius 1 is 1.15 bits per heavy atom. The summed E-state index contributed by atoms with van der Waals surface area (Å²) in [5.74, 6) is 1.34. The average Bonchev–Trinajstić information content (AvgIpc) is 3.56. The molecule has 1 atom stereocenters. The quantitative estimate of drug-likeness (QED) is 0.388. The Kier molecular flexibility index (Phi) is 6.30. The van der Waals surface area contributed by atoms with Crippen LogP contribution < -0.4 is 10.6 Å². The number of aromatic nitrogens is 5. The Balaban J connectivity index is 1.43. The topological polar surface area (TPSA) is 99.0 Å². The standard InChI is InChI=1S/C24H23N7O2S/c1-2-25-24(34)30-22-9-8-18-23(29-22)28-19(12-26-18)17-11-27-31(13-17)20(21-14-32-15-33-21)10-16-6-4-3-5-7-16/h3-9,11-14,20H,2,10,15H2,1H3,(H2,25,28,29,30,34). The van der Waals surface area contributed by atoms with Crippen molar-refractivity contribution in [1.29, 1.82) is 0 Å². The van der Waals surface area contributed by atoms with Crippen LogP contribution in [0.2, 0.25) is 0 Å². The fourth-order valence-corrected chi connectivity index (χ4v) is 3.91. The fourth-order valence-electron chi connectivity index (χ4n) is 3.66. The lowest BCUT2D eigenvalue weighted by Crippen LogP contribution is -2.28. The highest BCUT2D eigenvalue weighted by Crippen LogP contribution is 2.28. The highest BCUT2D eigenvalue weighted by Gasteiger charge is 2.24. The minimum absolute atomic E-state index is 0.145. The van der Waals surface area contributed by atoms with Crippen molar-refractivity contribution in [2.24, 2.45) is 0 Å². The van der Waals surface area contributed by atoms with Crippen LogP contribution in [0, 0.1) is 0 Å². The lowest BCUT2D eigenvalue weighted by Gasteiger charge is -2.17. The van der Waals surface area contributed by atoms with Crippen LogP contribution in [0.4, 0.5) is 5.82 Å². The Morgan fingerprint density at radius 2 is 2.03 bits per heavy atom. The van der Waals surface area contributed by atoms with Crippen molar-refractivity contribution in [3.63, 3.8) is 0 Å². The highest BCUT2D eigenvalue weighted by atomic mass is 32.1. The second-order valence-corrected chi connectivity index (χ2v) is 8.05. The van der Waals surface area contributed by atoms with Crippen LogP contribution in [-0.4, -0.2) is 43.2 Å². The predicted molar refractivity (Wildman–Crippen MR) is 133 cm³/mol. The third-order valence-electron chi connectivity index (χ3n) is 5.30. The SMILES string of the molecule is CCNC(=S)Nc1ccc2ncc(-c3cnn(C(Cc4ccccc4)C4=COCO4)c3)nc2n1. The van der Waals surface area contributed by atoms with E-state index in [9.17, 15) is 0 Å². The third-order valence-corrected chi connectivity index (χ3v) is 5.54. The van der Waals surface area contributed by atoms with E-state index in [4.69, 9.17) is 26.7 Å². The number of nitrogens with one attached hydrogen (secondary N) is 2. The number of nitrogens with zero attached hydrogens (tertiary/aromatic N) is 5. The number of fused-ring (bicyclic) bond motifs is 1. The van der Waals surface area contributed by atoms with E-state index in [1.807, 2.05) is 48.1 Å². The molecule has 0 bridgehead atoms. The molecule has 0 amide bonds. The first-order chi connectivity index (χ1) is 16.7. The fraction of sp³-hybridized carbons (Fsp3) is 0.208. The zero-order chi connectivity index (χ0) is 23.3. The summed E-state index contributed by atoms with van der Waals surface area (Å²) < 4.78 is 12.9. The smallest absolute Gasteiger partial charge is 0.229 e. The average molecular weight is 474 g/mol. The van der Waals surface area contributed by atoms with Gasteiger partial charge in [-0.1, -0.05) is 30.3 Å². The van der Waals surface area contributed by atoms with Gasteiger partial charge in [0, 0.05) is 24.7 Å². The van der Waals surface area contributed by atoms with Crippen molar-refractivity contribution in [3.05, 3.63) is 78.6 Å². The Morgan fingerprint density at radius 3 is 2.82 bits per heavy atom. The molecule has 1 aliphatic rings. The lowest BCUT2D eigenvalue weighted by atomic mass is 10.0. The van der Waals surface area contributed by atoms with Crippen LogP contribution >= 0.6 is 12.2 Å². The van der Waals surface area contributed by atoms with E-state index < -0.39 is 0 Å². The zero-order valence-corrected chi connectivity index (χ0v) is 19.3. The Bertz CT molecular complexity index is 1340. The van der Waals surface area contributed by atoms with Crippen molar-refractivity contribution >= 4 is 34.3 Å². The summed E-state index contributed by atoms with van der Waals surface area (Å²) >= 11 is 5.25. The molecule has 172 valence electrons. The molecule has 10 heteroatoms. The van der Waals surface area contributed by atoms with Gasteiger partial charge in [-0.2, -0.15) is 5.10 Å². The van der Waals surface area contributed by atoms with E-state index in [1.54, 1.807) is 18.7 Å². The first-order valence-corrected chi connectivity index (χ1v) is 11.3. The second-order valence-electron chi connectivity index (χ2n) is 7.64. The largest absolute Gasteiger partial charge is 0.462 e. The number of hydrogen-bond acceptors (Lipinski definition) is 7. The number of ether oxygens (including phenoxy) is 2. The molecule has 4 aromatic rings. The van der Waals surface area contributed by atoms with Gasteiger partial charge in [0.2, 0.25) is 6.79 Å². The van der Waals surface area contributed by atoms with E-state index in [-0.39, 0.29) is 12.8 Å². The zero-order valence-electron chi connectivity index (χ0n) is 18.5. The molecular formula is C24H23N7O2S. The third kappa shape index (κ3) is 4.81. The van der Waals surface area contributed by atoms with Gasteiger partial charge in [0.1, 0.15) is 23.6 Å². The van der Waals surface area contributed by atoms with Gasteiger partial charge in [-0.3, -0.25) is 9.67 Å². The van der Waals surface area contributed by atoms with Crippen LogP contribution in [0.25, 0.3) is 22.4 Å². The van der Waals surface area contributed by atoms with Gasteiger partial charge in [0.25, 0.3) is 0 Å². The number of pyridine rings is 1. The van der Waals surface area contributed by atoms with Gasteiger partial charge < -0.3 is 20.1 Å². The van der Waals surface area contributed by atoms with Crippen molar-refractivity contribution in [1.82, 2.24) is 30.0 Å². The van der Waals surface area contributed by atoms with Crippen molar-refractivity contribution in [2.75, 3.05) is 18.7 Å². The number of rotatable bonds is 7. The van der Waals surface area contributed by atoms with Gasteiger partial charge in [-0.25, -0.2) is 9.97 Å². The molecule has 0 saturated carbocycles. The molecule has 0 radical (unpaired) electrons. The number of benzene rings is 1. The van der Waals surface area contributed by atoms with E-state index in [1.165, 1.54) is 5.56 Å². The maximum Gasteiger partial charge on any atom is 0.229 e. The normalized spacial score (nSPS) is 13.6. The lowest BCUT2D eigenvalue weighted by molar-refractivity contribution is 0.0703. The molecule has 1 aromatic carbocycles. The van der Waals surface area contributed by atoms with Crippen LogP contribution in [0.15, 0.2) is 73.1 Å². The molecule has 0 fully saturated rings. The van der Waals surface area contributed by atoms with Gasteiger partial charge >= 0.3 is 0 Å². The predicted octanol–water partition coefficient (Wildman–Crippen LogP) is 3.82. The number of allylic oxidation sites excluding steroid dienone is 1. The van der Waals surface area contributed by atoms with E-state index in [2.05, 4.69) is 37.8 Å². The van der Waals surface area contributed by atoms with Crippen LogP contribution in [0.3, 0.4) is 0 Å². The van der Waals surface area contributed by atoms with E-state index in [0.717, 1.165) is 17.9 Å². The summed E-state index contributed by atoms with van der Waals surface area (Å²) in [6.07, 6.45) is 7.80. The second kappa shape index (κ2) is 9.84. The van der Waals surface area contributed by atoms with Gasteiger partial charge in [-0.05, 0) is 36.8 Å². The number of thiocarbonyl (C=S) groups is 1. The van der Waals surface area contributed by atoms with Crippen LogP contribution in [0.1, 0.15) is 18.5 Å². The molecular weight excluding hydrogens is 450 g/mol. The minimum atomic E-state index is -0.145. The summed E-state index contributed by atoms with van der Waals surface area (Å²) in [6, 6.07) is 13.8. The van der Waals surface area contributed by atoms with Crippen LogP contribution in [-0.2, 0) is 15.9 Å². The number of hydrogen-bond donors (Lipinski definition) is 2. The summed E-state index contributed by atoms with van der Waals surface area (Å²) in [6.45, 7) is 2.92. The highest BCUT2D eigenvalue weighted by molar-refractivity contribution is 7.80. The number of anilines is 1. The summed E-state index contributed by atoms with van der Waals surface area (Å²) in [5.41, 5.74) is 3.89.